The van der Waals surface area contributed by atoms with Crippen LogP contribution in [0.25, 0.3) is 11.2 Å². The molecule has 0 bridgehead atoms. The molecule has 5 rings (SSSR count). The molecule has 0 aliphatic carbocycles. The molecular weight excluding hydrogens is 464 g/mol. The molecule has 2 aromatic heterocycles. The molecule has 2 unspecified atom stereocenters. The summed E-state index contributed by atoms with van der Waals surface area (Å²) in [7, 11) is 1.47. The number of aliphatic carboxylic acids is 1. The molecule has 12 heteroatoms. The van der Waals surface area contributed by atoms with Gasteiger partial charge in [0.05, 0.1) is 6.54 Å². The maximum absolute atomic E-state index is 13.4. The second-order valence-corrected chi connectivity index (χ2v) is 8.55. The minimum absolute atomic E-state index is 0. The van der Waals surface area contributed by atoms with Crippen molar-refractivity contribution in [2.24, 2.45) is 13.0 Å². The molecule has 0 amide bonds. The van der Waals surface area contributed by atoms with Crippen LogP contribution in [0.3, 0.4) is 0 Å². The molecule has 2 aliphatic rings. The highest BCUT2D eigenvalue weighted by molar-refractivity contribution is 5.96. The number of hydrogen-bond acceptors (Lipinski definition) is 7. The van der Waals surface area contributed by atoms with Gasteiger partial charge in [0, 0.05) is 38.3 Å². The molecule has 2 fully saturated rings. The van der Waals surface area contributed by atoms with Crippen LogP contribution in [0.4, 0.5) is 5.95 Å². The Bertz CT molecular complexity index is 1380. The van der Waals surface area contributed by atoms with Crippen molar-refractivity contribution < 1.29 is 14.7 Å². The Morgan fingerprint density at radius 3 is 2.56 bits per heavy atom. The maximum atomic E-state index is 13.4. The predicted molar refractivity (Wildman–Crippen MR) is 127 cm³/mol. The van der Waals surface area contributed by atoms with E-state index >= 15 is 0 Å². The van der Waals surface area contributed by atoms with E-state index in [-0.39, 0.29) is 29.6 Å². The maximum Gasteiger partial charge on any atom is 0.332 e. The molecule has 0 radical (unpaired) electrons. The fourth-order valence-electron chi connectivity index (χ4n) is 4.96. The number of hydrogen-bond donors (Lipinski definition) is 2. The number of ketones is 1. The zero-order valence-electron chi connectivity index (χ0n) is 18.5. The highest BCUT2D eigenvalue weighted by atomic mass is 35.5. The van der Waals surface area contributed by atoms with Crippen LogP contribution in [0.2, 0.25) is 0 Å². The topological polar surface area (TPSA) is 131 Å². The molecule has 0 spiro atoms. The van der Waals surface area contributed by atoms with Gasteiger partial charge in [-0.25, -0.2) is 4.79 Å². The number of aromatic nitrogens is 4. The zero-order valence-corrected chi connectivity index (χ0v) is 19.3. The number of halogens is 1. The van der Waals surface area contributed by atoms with Gasteiger partial charge in [0.25, 0.3) is 5.56 Å². The van der Waals surface area contributed by atoms with Gasteiger partial charge < -0.3 is 15.3 Å². The average molecular weight is 489 g/mol. The van der Waals surface area contributed by atoms with E-state index in [0.29, 0.717) is 24.0 Å². The number of nitrogens with zero attached hydrogens (tertiary/aromatic N) is 5. The van der Waals surface area contributed by atoms with Crippen LogP contribution in [0.15, 0.2) is 39.9 Å². The summed E-state index contributed by atoms with van der Waals surface area (Å²) < 4.78 is 3.42. The number of imidazole rings is 1. The number of Topliss-reactive ketones (excluding diaryl/α,β-unsaturated/α-hetero) is 1. The van der Waals surface area contributed by atoms with E-state index in [1.807, 2.05) is 4.90 Å². The Hall–Kier alpha value is -3.44. The molecule has 2 saturated heterocycles. The number of aryl methyl sites for hydroxylation is 1. The normalized spacial score (nSPS) is 19.3. The largest absolute Gasteiger partial charge is 0.480 e. The number of carbonyl (C=O) groups excluding carboxylic acids is 1. The van der Waals surface area contributed by atoms with E-state index in [2.05, 4.69) is 10.3 Å². The number of rotatable bonds is 6. The second-order valence-electron chi connectivity index (χ2n) is 8.55. The lowest BCUT2D eigenvalue weighted by molar-refractivity contribution is -0.137. The Kier molecular flexibility index (Phi) is 6.32. The molecule has 11 nitrogen and oxygen atoms in total. The van der Waals surface area contributed by atoms with Crippen LogP contribution < -0.4 is 21.5 Å². The van der Waals surface area contributed by atoms with Crippen molar-refractivity contribution in [2.45, 2.75) is 25.6 Å². The molecule has 2 atom stereocenters. The van der Waals surface area contributed by atoms with Crippen molar-refractivity contribution in [3.63, 3.8) is 0 Å². The van der Waals surface area contributed by atoms with Crippen molar-refractivity contribution in [3.05, 3.63) is 56.7 Å². The Balaban J connectivity index is 0.00000274. The van der Waals surface area contributed by atoms with Crippen molar-refractivity contribution in [3.8, 4) is 0 Å². The number of fused-ring (bicyclic) bond motifs is 2. The third-order valence-corrected chi connectivity index (χ3v) is 6.61. The highest BCUT2D eigenvalue weighted by Gasteiger charge is 2.40. The Morgan fingerprint density at radius 2 is 1.85 bits per heavy atom. The van der Waals surface area contributed by atoms with Gasteiger partial charge in [-0.05, 0) is 12.3 Å². The molecule has 180 valence electrons. The van der Waals surface area contributed by atoms with Crippen LogP contribution in [-0.2, 0) is 24.9 Å². The second kappa shape index (κ2) is 9.07. The lowest BCUT2D eigenvalue weighted by Gasteiger charge is -2.24. The van der Waals surface area contributed by atoms with Crippen LogP contribution in [0.1, 0.15) is 16.8 Å². The summed E-state index contributed by atoms with van der Waals surface area (Å²) in [6, 6.07) is 8.54. The Morgan fingerprint density at radius 1 is 1.12 bits per heavy atom. The van der Waals surface area contributed by atoms with Crippen molar-refractivity contribution in [2.75, 3.05) is 24.5 Å². The first kappa shape index (κ1) is 23.7. The molecule has 4 heterocycles. The fraction of sp³-hybridized carbons (Fsp3) is 0.409. The summed E-state index contributed by atoms with van der Waals surface area (Å²) in [5.41, 5.74) is -0.908. The van der Waals surface area contributed by atoms with Gasteiger partial charge in [-0.15, -0.1) is 12.4 Å². The number of nitrogens with one attached hydrogen (secondary N) is 1. The van der Waals surface area contributed by atoms with E-state index in [9.17, 15) is 24.3 Å². The summed E-state index contributed by atoms with van der Waals surface area (Å²) in [6.45, 7) is 1.39. The van der Waals surface area contributed by atoms with Gasteiger partial charge in [0.15, 0.2) is 16.9 Å². The SMILES string of the molecule is Cl.Cn1c(=O)n(CC(=O)c2ccccc2)c(=O)c2c1nc(N1CCC3CNCC31)n2CC(=O)O. The number of carboxylic acid groups (broad SMARTS) is 1. The molecule has 34 heavy (non-hydrogen) atoms. The molecule has 3 aromatic rings. The smallest absolute Gasteiger partial charge is 0.332 e. The molecule has 2 N–H and O–H groups in total. The molecule has 2 aliphatic heterocycles. The first-order valence-electron chi connectivity index (χ1n) is 10.8. The molecular formula is C22H25ClN6O5. The highest BCUT2D eigenvalue weighted by Crippen LogP contribution is 2.32. The van der Waals surface area contributed by atoms with Gasteiger partial charge in [0.1, 0.15) is 6.54 Å². The fourth-order valence-corrected chi connectivity index (χ4v) is 4.96. The van der Waals surface area contributed by atoms with Gasteiger partial charge in [-0.2, -0.15) is 4.98 Å². The minimum Gasteiger partial charge on any atom is -0.480 e. The van der Waals surface area contributed by atoms with E-state index in [4.69, 9.17) is 0 Å². The summed E-state index contributed by atoms with van der Waals surface area (Å²) in [6.07, 6.45) is 0.933. The standard InChI is InChI=1S/C22H24N6O5.ClH/c1-25-19-18(20(32)28(22(25)33)11-16(29)13-5-3-2-4-6-13)27(12-17(30)31)21(24-19)26-8-7-14-9-23-10-15(14)26;/h2-6,14-15,23H,7-12H2,1H3,(H,30,31);1H. The molecule has 1 aromatic carbocycles. The van der Waals surface area contributed by atoms with Crippen LogP contribution >= 0.6 is 12.4 Å². The third kappa shape index (κ3) is 3.80. The zero-order chi connectivity index (χ0) is 23.3. The van der Waals surface area contributed by atoms with E-state index in [0.717, 1.165) is 24.1 Å². The first-order chi connectivity index (χ1) is 15.9. The van der Waals surface area contributed by atoms with Gasteiger partial charge >= 0.3 is 11.7 Å². The monoisotopic (exact) mass is 488 g/mol. The third-order valence-electron chi connectivity index (χ3n) is 6.61. The molecule has 0 saturated carbocycles. The van der Waals surface area contributed by atoms with Gasteiger partial charge in [0.2, 0.25) is 5.95 Å². The summed E-state index contributed by atoms with van der Waals surface area (Å²) >= 11 is 0. The number of carbonyl (C=O) groups is 2. The quantitative estimate of drug-likeness (QED) is 0.466. The van der Waals surface area contributed by atoms with Gasteiger partial charge in [-0.1, -0.05) is 30.3 Å². The number of anilines is 1. The summed E-state index contributed by atoms with van der Waals surface area (Å²) in [4.78, 5) is 57.5. The van der Waals surface area contributed by atoms with Gasteiger partial charge in [-0.3, -0.25) is 28.1 Å². The first-order valence-corrected chi connectivity index (χ1v) is 10.8. The average Bonchev–Trinajstić information content (AvgIpc) is 3.50. The van der Waals surface area contributed by atoms with Crippen molar-refractivity contribution in [1.29, 1.82) is 0 Å². The van der Waals surface area contributed by atoms with E-state index in [1.54, 1.807) is 30.3 Å². The lowest BCUT2D eigenvalue weighted by Crippen LogP contribution is -2.41. The summed E-state index contributed by atoms with van der Waals surface area (Å²) in [5.74, 6) is -0.732. The van der Waals surface area contributed by atoms with Crippen molar-refractivity contribution in [1.82, 2.24) is 24.0 Å². The van der Waals surface area contributed by atoms with Crippen LogP contribution in [-0.4, -0.2) is 61.2 Å². The van der Waals surface area contributed by atoms with Crippen LogP contribution in [0.5, 0.6) is 0 Å². The van der Waals surface area contributed by atoms with E-state index in [1.165, 1.54) is 16.2 Å². The predicted octanol–water partition coefficient (Wildman–Crippen LogP) is 0.0841. The Labute approximate surface area is 200 Å². The number of benzene rings is 1. The number of carboxylic acids is 1. The lowest BCUT2D eigenvalue weighted by atomic mass is 10.1. The van der Waals surface area contributed by atoms with Crippen molar-refractivity contribution >= 4 is 41.3 Å². The van der Waals surface area contributed by atoms with E-state index < -0.39 is 36.1 Å². The van der Waals surface area contributed by atoms with Crippen LogP contribution in [0, 0.1) is 5.92 Å². The minimum atomic E-state index is -1.13. The summed E-state index contributed by atoms with van der Waals surface area (Å²) in [5, 5.41) is 12.9.